The zero-order valence-electron chi connectivity index (χ0n) is 24.4. The molecule has 0 bridgehead atoms. The molecule has 0 saturated carbocycles. The number of hydrogen-bond acceptors (Lipinski definition) is 6. The number of rotatable bonds is 13. The lowest BCUT2D eigenvalue weighted by atomic mass is 10.1. The van der Waals surface area contributed by atoms with E-state index in [0.717, 1.165) is 36.6 Å². The third-order valence-corrected chi connectivity index (χ3v) is 10.5. The molecule has 0 amide bonds. The van der Waals surface area contributed by atoms with E-state index in [1.807, 2.05) is 48.5 Å². The van der Waals surface area contributed by atoms with E-state index in [1.165, 1.54) is 35.7 Å². The molecule has 10 heteroatoms. The Labute approximate surface area is 262 Å². The predicted molar refractivity (Wildman–Crippen MR) is 170 cm³/mol. The van der Waals surface area contributed by atoms with Crippen LogP contribution < -0.4 is 0 Å². The van der Waals surface area contributed by atoms with Crippen molar-refractivity contribution in [3.63, 3.8) is 0 Å². The van der Waals surface area contributed by atoms with E-state index in [2.05, 4.69) is 13.2 Å². The maximum Gasteiger partial charge on any atom is 0.416 e. The summed E-state index contributed by atoms with van der Waals surface area (Å²) in [5.41, 5.74) is -2.21. The van der Waals surface area contributed by atoms with E-state index in [-0.39, 0.29) is 23.4 Å². The van der Waals surface area contributed by atoms with Crippen LogP contribution in [0.25, 0.3) is 0 Å². The van der Waals surface area contributed by atoms with Gasteiger partial charge >= 0.3 is 18.1 Å². The molecule has 3 aromatic carbocycles. The molecule has 0 N–H and O–H groups in total. The molecule has 230 valence electrons. The summed E-state index contributed by atoms with van der Waals surface area (Å²) in [6.45, 7) is 14.4. The number of esters is 2. The van der Waals surface area contributed by atoms with Gasteiger partial charge in [0.1, 0.15) is 11.2 Å². The smallest absolute Gasteiger partial charge is 0.416 e. The van der Waals surface area contributed by atoms with E-state index < -0.39 is 33.8 Å². The topological polar surface area (TPSA) is 52.6 Å². The van der Waals surface area contributed by atoms with Gasteiger partial charge in [0.25, 0.3) is 0 Å². The van der Waals surface area contributed by atoms with E-state index in [0.29, 0.717) is 0 Å². The van der Waals surface area contributed by atoms with Gasteiger partial charge < -0.3 is 9.47 Å². The number of ether oxygens (including phenoxy) is 2. The van der Waals surface area contributed by atoms with Crippen LogP contribution in [-0.2, 0) is 25.2 Å². The zero-order chi connectivity index (χ0) is 31.8. The van der Waals surface area contributed by atoms with Gasteiger partial charge in [-0.3, -0.25) is 9.59 Å². The van der Waals surface area contributed by atoms with Crippen molar-refractivity contribution in [2.45, 2.75) is 69.6 Å². The molecule has 0 heterocycles. The summed E-state index contributed by atoms with van der Waals surface area (Å²) in [4.78, 5) is 28.8. The maximum absolute atomic E-state index is 13.3. The van der Waals surface area contributed by atoms with Gasteiger partial charge in [0.15, 0.2) is 0 Å². The second-order valence-electron chi connectivity index (χ2n) is 10.5. The van der Waals surface area contributed by atoms with Crippen LogP contribution >= 0.6 is 34.4 Å². The lowest BCUT2D eigenvalue weighted by molar-refractivity contribution is -0.150. The number of benzene rings is 3. The Hall–Kier alpha value is -3.08. The first kappa shape index (κ1) is 34.4. The summed E-state index contributed by atoms with van der Waals surface area (Å²) in [5.74, 6) is -0.465. The lowest BCUT2D eigenvalue weighted by Crippen LogP contribution is -2.26. The normalized spacial score (nSPS) is 12.3. The zero-order valence-corrected chi connectivity index (χ0v) is 27.0. The van der Waals surface area contributed by atoms with Crippen LogP contribution in [-0.4, -0.2) is 34.6 Å². The number of halogens is 3. The standard InChI is InChI=1S/C33H35F3O4S3/c1-7-31(3,4)39-29(37)21-41-24-11-17-27(18-12-24)43(26-15-9-23(10-16-26)33(34,35)36)28-19-13-25(14-20-28)42-22-30(38)40-32(5,6)8-2/h7-20,43H,1-2,21-22H2,3-6H3. The molecule has 0 fully saturated rings. The van der Waals surface area contributed by atoms with Crippen molar-refractivity contribution in [1.82, 2.24) is 0 Å². The highest BCUT2D eigenvalue weighted by atomic mass is 32.2. The number of hydrogen-bond donors (Lipinski definition) is 1. The van der Waals surface area contributed by atoms with Crippen LogP contribution in [0.4, 0.5) is 13.2 Å². The van der Waals surface area contributed by atoms with Crippen LogP contribution in [0, 0.1) is 0 Å². The molecule has 0 aliphatic heterocycles. The summed E-state index contributed by atoms with van der Waals surface area (Å²) in [6.07, 6.45) is -1.29. The molecular formula is C33H35F3O4S3. The highest BCUT2D eigenvalue weighted by Crippen LogP contribution is 2.52. The number of thioether (sulfide) groups is 2. The molecule has 0 atom stereocenters. The number of carbonyl (C=O) groups is 2. The second-order valence-corrected chi connectivity index (χ2v) is 14.8. The first-order valence-corrected chi connectivity index (χ1v) is 16.6. The van der Waals surface area contributed by atoms with Crippen molar-refractivity contribution in [3.8, 4) is 0 Å². The minimum atomic E-state index is -4.43. The SMILES string of the molecule is C=CC(C)(C)OC(=O)CSc1ccc([SH](c2ccc(SCC(=O)OC(C)(C)C=C)cc2)c2ccc(C(F)(F)F)cc2)cc1. The van der Waals surface area contributed by atoms with Crippen molar-refractivity contribution in [3.05, 3.63) is 104 Å². The Kier molecular flexibility index (Phi) is 11.7. The fraction of sp³-hybridized carbons (Fsp3) is 0.273. The number of carbonyl (C=O) groups excluding carboxylic acids is 2. The summed E-state index contributed by atoms with van der Waals surface area (Å²) < 4.78 is 50.6. The van der Waals surface area contributed by atoms with Gasteiger partial charge in [0.2, 0.25) is 0 Å². The fourth-order valence-corrected chi connectivity index (χ4v) is 7.22. The molecule has 3 aromatic rings. The molecule has 4 nitrogen and oxygen atoms in total. The van der Waals surface area contributed by atoms with Gasteiger partial charge in [-0.2, -0.15) is 24.1 Å². The third kappa shape index (κ3) is 10.5. The molecule has 0 aromatic heterocycles. The molecule has 43 heavy (non-hydrogen) atoms. The fourth-order valence-electron chi connectivity index (χ4n) is 3.64. The van der Waals surface area contributed by atoms with E-state index >= 15 is 0 Å². The molecular weight excluding hydrogens is 614 g/mol. The van der Waals surface area contributed by atoms with E-state index in [9.17, 15) is 22.8 Å². The minimum absolute atomic E-state index is 0.127. The van der Waals surface area contributed by atoms with Crippen LogP contribution in [0.2, 0.25) is 0 Å². The van der Waals surface area contributed by atoms with Crippen LogP contribution in [0.15, 0.2) is 123 Å². The van der Waals surface area contributed by atoms with Gasteiger partial charge in [0.05, 0.1) is 17.1 Å². The first-order valence-electron chi connectivity index (χ1n) is 13.3. The summed E-state index contributed by atoms with van der Waals surface area (Å²) in [5, 5.41) is 0. The van der Waals surface area contributed by atoms with Crippen molar-refractivity contribution >= 4 is 46.4 Å². The third-order valence-electron chi connectivity index (χ3n) is 6.09. The van der Waals surface area contributed by atoms with Crippen LogP contribution in [0.3, 0.4) is 0 Å². The second kappa shape index (κ2) is 14.6. The Balaban J connectivity index is 1.81. The summed E-state index contributed by atoms with van der Waals surface area (Å²) in [7, 11) is -1.20. The largest absolute Gasteiger partial charge is 0.455 e. The van der Waals surface area contributed by atoms with Crippen molar-refractivity contribution in [2.24, 2.45) is 0 Å². The lowest BCUT2D eigenvalue weighted by Gasteiger charge is -2.24. The Morgan fingerprint density at radius 3 is 1.30 bits per heavy atom. The maximum atomic E-state index is 13.3. The number of alkyl halides is 3. The minimum Gasteiger partial charge on any atom is -0.455 e. The van der Waals surface area contributed by atoms with E-state index in [1.54, 1.807) is 39.8 Å². The van der Waals surface area contributed by atoms with Gasteiger partial charge in [-0.1, -0.05) is 13.2 Å². The predicted octanol–water partition coefficient (Wildman–Crippen LogP) is 9.38. The van der Waals surface area contributed by atoms with Crippen LogP contribution in [0.5, 0.6) is 0 Å². The monoisotopic (exact) mass is 648 g/mol. The van der Waals surface area contributed by atoms with Crippen molar-refractivity contribution in [1.29, 1.82) is 0 Å². The molecule has 0 unspecified atom stereocenters. The highest BCUT2D eigenvalue weighted by molar-refractivity contribution is 8.17. The van der Waals surface area contributed by atoms with Crippen molar-refractivity contribution in [2.75, 3.05) is 11.5 Å². The average molecular weight is 649 g/mol. The summed E-state index contributed by atoms with van der Waals surface area (Å²) in [6, 6.07) is 20.6. The highest BCUT2D eigenvalue weighted by Gasteiger charge is 2.30. The van der Waals surface area contributed by atoms with Gasteiger partial charge in [-0.05, 0) is 127 Å². The Morgan fingerprint density at radius 1 is 0.674 bits per heavy atom. The molecule has 0 radical (unpaired) electrons. The molecule has 0 saturated heterocycles. The van der Waals surface area contributed by atoms with Crippen LogP contribution in [0.1, 0.15) is 33.3 Å². The molecule has 3 rings (SSSR count). The summed E-state index contributed by atoms with van der Waals surface area (Å²) >= 11 is 2.68. The Morgan fingerprint density at radius 2 is 1.00 bits per heavy atom. The van der Waals surface area contributed by atoms with Gasteiger partial charge in [-0.25, -0.2) is 0 Å². The molecule has 0 aliphatic carbocycles. The molecule has 0 aliphatic rings. The van der Waals surface area contributed by atoms with E-state index in [4.69, 9.17) is 9.47 Å². The van der Waals surface area contributed by atoms with Gasteiger partial charge in [0, 0.05) is 9.79 Å². The first-order chi connectivity index (χ1) is 20.1. The van der Waals surface area contributed by atoms with Crippen molar-refractivity contribution < 1.29 is 32.2 Å². The Bertz CT molecular complexity index is 1330. The quantitative estimate of drug-likeness (QED) is 0.0863. The van der Waals surface area contributed by atoms with Gasteiger partial charge in [-0.15, -0.1) is 23.5 Å². The molecule has 0 spiro atoms. The average Bonchev–Trinajstić information content (AvgIpc) is 2.96. The number of thiol groups is 1.